The van der Waals surface area contributed by atoms with Crippen LogP contribution in [0.5, 0.6) is 5.75 Å². The van der Waals surface area contributed by atoms with Crippen LogP contribution in [0.1, 0.15) is 17.0 Å². The van der Waals surface area contributed by atoms with Gasteiger partial charge < -0.3 is 9.67 Å². The van der Waals surface area contributed by atoms with Crippen molar-refractivity contribution in [3.63, 3.8) is 0 Å². The molecule has 0 aliphatic carbocycles. The van der Waals surface area contributed by atoms with Crippen molar-refractivity contribution in [3.8, 4) is 11.4 Å². The number of hydrogen-bond acceptors (Lipinski definition) is 4. The highest BCUT2D eigenvalue weighted by Gasteiger charge is 2.41. The molecule has 2 aromatic carbocycles. The zero-order chi connectivity index (χ0) is 22.3. The maximum absolute atomic E-state index is 13.2. The van der Waals surface area contributed by atoms with Crippen LogP contribution in [0.4, 0.5) is 10.5 Å². The Bertz CT molecular complexity index is 1220. The molecule has 0 radical (unpaired) electrons. The molecule has 0 bridgehead atoms. The van der Waals surface area contributed by atoms with E-state index in [4.69, 9.17) is 0 Å². The van der Waals surface area contributed by atoms with Crippen LogP contribution in [0, 0.1) is 13.8 Å². The van der Waals surface area contributed by atoms with E-state index < -0.39 is 17.8 Å². The Morgan fingerprint density at radius 1 is 0.839 bits per heavy atom. The molecule has 3 aromatic rings. The summed E-state index contributed by atoms with van der Waals surface area (Å²) in [5.41, 5.74) is 3.57. The molecule has 4 amide bonds. The van der Waals surface area contributed by atoms with Crippen molar-refractivity contribution in [2.75, 3.05) is 11.9 Å². The number of phenolic OH excluding ortho intramolecular Hbond substituents is 1. The van der Waals surface area contributed by atoms with Crippen LogP contribution in [0.2, 0.25) is 0 Å². The number of nitrogens with zero attached hydrogens (tertiary/aromatic N) is 3. The molecule has 1 aliphatic heterocycles. The van der Waals surface area contributed by atoms with E-state index in [-0.39, 0.29) is 11.3 Å². The summed E-state index contributed by atoms with van der Waals surface area (Å²) >= 11 is 0. The first-order valence-corrected chi connectivity index (χ1v) is 9.71. The predicted octanol–water partition coefficient (Wildman–Crippen LogP) is 3.81. The first-order valence-electron chi connectivity index (χ1n) is 9.71. The highest BCUT2D eigenvalue weighted by molar-refractivity contribution is 6.39. The van der Waals surface area contributed by atoms with Crippen LogP contribution >= 0.6 is 0 Å². The quantitative estimate of drug-likeness (QED) is 0.521. The van der Waals surface area contributed by atoms with Gasteiger partial charge in [-0.2, -0.15) is 0 Å². The van der Waals surface area contributed by atoms with Gasteiger partial charge in [-0.25, -0.2) is 9.69 Å². The molecule has 0 atom stereocenters. The number of para-hydroxylation sites is 1. The van der Waals surface area contributed by atoms with Crippen molar-refractivity contribution in [3.05, 3.63) is 83.2 Å². The third-order valence-corrected chi connectivity index (χ3v) is 5.34. The monoisotopic (exact) mass is 415 g/mol. The van der Waals surface area contributed by atoms with E-state index in [0.717, 1.165) is 26.9 Å². The van der Waals surface area contributed by atoms with Gasteiger partial charge in [-0.15, -0.1) is 0 Å². The summed E-state index contributed by atoms with van der Waals surface area (Å²) in [4.78, 5) is 40.5. The molecular weight excluding hydrogens is 394 g/mol. The fraction of sp³-hybridized carbons (Fsp3) is 0.125. The van der Waals surface area contributed by atoms with Crippen molar-refractivity contribution >= 4 is 29.6 Å². The van der Waals surface area contributed by atoms with E-state index in [1.807, 2.05) is 24.5 Å². The number of hydrogen-bond donors (Lipinski definition) is 1. The minimum atomic E-state index is -0.687. The van der Waals surface area contributed by atoms with Gasteiger partial charge in [-0.3, -0.25) is 14.5 Å². The van der Waals surface area contributed by atoms with Crippen LogP contribution in [0.25, 0.3) is 11.8 Å². The molecule has 1 saturated heterocycles. The second-order valence-electron chi connectivity index (χ2n) is 7.36. The van der Waals surface area contributed by atoms with Crippen molar-refractivity contribution in [1.82, 2.24) is 9.47 Å². The number of likely N-dealkylation sites (N-methyl/N-ethyl adjacent to an activating group) is 1. The molecule has 1 aliphatic rings. The molecule has 1 fully saturated rings. The van der Waals surface area contributed by atoms with Gasteiger partial charge in [0.25, 0.3) is 11.8 Å². The lowest BCUT2D eigenvalue weighted by Gasteiger charge is -2.31. The largest absolute Gasteiger partial charge is 0.508 e. The zero-order valence-electron chi connectivity index (χ0n) is 17.4. The third-order valence-electron chi connectivity index (χ3n) is 5.34. The van der Waals surface area contributed by atoms with E-state index in [1.54, 1.807) is 54.6 Å². The van der Waals surface area contributed by atoms with E-state index in [2.05, 4.69) is 0 Å². The number of imide groups is 2. The number of barbiturate groups is 1. The van der Waals surface area contributed by atoms with Crippen molar-refractivity contribution < 1.29 is 19.5 Å². The van der Waals surface area contributed by atoms with Crippen molar-refractivity contribution in [2.24, 2.45) is 0 Å². The van der Waals surface area contributed by atoms with Gasteiger partial charge in [0.05, 0.1) is 5.69 Å². The maximum atomic E-state index is 13.2. The summed E-state index contributed by atoms with van der Waals surface area (Å²) in [5, 5.41) is 9.56. The summed E-state index contributed by atoms with van der Waals surface area (Å²) < 4.78 is 1.97. The summed E-state index contributed by atoms with van der Waals surface area (Å²) in [6.45, 7) is 3.80. The fourth-order valence-electron chi connectivity index (χ4n) is 3.73. The van der Waals surface area contributed by atoms with Gasteiger partial charge in [0.2, 0.25) is 0 Å². The molecule has 0 unspecified atom stereocenters. The summed E-state index contributed by atoms with van der Waals surface area (Å²) in [6.07, 6.45) is 1.53. The van der Waals surface area contributed by atoms with Crippen LogP contribution in [0.15, 0.2) is 66.2 Å². The van der Waals surface area contributed by atoms with Crippen molar-refractivity contribution in [1.29, 1.82) is 0 Å². The van der Waals surface area contributed by atoms with Gasteiger partial charge in [0.15, 0.2) is 0 Å². The smallest absolute Gasteiger partial charge is 0.338 e. The minimum absolute atomic E-state index is 0.0862. The van der Waals surface area contributed by atoms with Gasteiger partial charge in [0.1, 0.15) is 11.3 Å². The molecule has 1 N–H and O–H groups in total. The van der Waals surface area contributed by atoms with Gasteiger partial charge in [-0.05, 0) is 68.0 Å². The number of urea groups is 1. The SMILES string of the molecule is Cc1cc(/C=C2\C(=O)N(C)C(=O)N(c3ccccc3)C2=O)c(C)n1-c1ccc(O)cc1. The van der Waals surface area contributed by atoms with Gasteiger partial charge >= 0.3 is 6.03 Å². The molecular formula is C24H21N3O4. The van der Waals surface area contributed by atoms with E-state index in [0.29, 0.717) is 11.3 Å². The Labute approximate surface area is 179 Å². The average molecular weight is 415 g/mol. The van der Waals surface area contributed by atoms with Gasteiger partial charge in [0, 0.05) is 24.1 Å². The number of aromatic nitrogens is 1. The molecule has 7 nitrogen and oxygen atoms in total. The summed E-state index contributed by atoms with van der Waals surface area (Å²) in [5.74, 6) is -1.13. The molecule has 0 saturated carbocycles. The fourth-order valence-corrected chi connectivity index (χ4v) is 3.73. The number of aryl methyl sites for hydroxylation is 1. The number of carbonyl (C=O) groups excluding carboxylic acids is 3. The number of benzene rings is 2. The summed E-state index contributed by atoms with van der Waals surface area (Å²) in [7, 11) is 1.36. The van der Waals surface area contributed by atoms with Crippen LogP contribution in [-0.4, -0.2) is 39.5 Å². The average Bonchev–Trinajstić information content (AvgIpc) is 3.04. The normalized spacial score (nSPS) is 15.8. The number of aromatic hydroxyl groups is 1. The van der Waals surface area contributed by atoms with Crippen LogP contribution in [0.3, 0.4) is 0 Å². The minimum Gasteiger partial charge on any atom is -0.508 e. The van der Waals surface area contributed by atoms with Gasteiger partial charge in [-0.1, -0.05) is 18.2 Å². The number of anilines is 1. The topological polar surface area (TPSA) is 82.9 Å². The number of carbonyl (C=O) groups is 3. The lowest BCUT2D eigenvalue weighted by molar-refractivity contribution is -0.128. The Kier molecular flexibility index (Phi) is 4.94. The Morgan fingerprint density at radius 2 is 1.48 bits per heavy atom. The molecule has 1 aromatic heterocycles. The third kappa shape index (κ3) is 3.40. The lowest BCUT2D eigenvalue weighted by atomic mass is 10.1. The Balaban J connectivity index is 1.80. The zero-order valence-corrected chi connectivity index (χ0v) is 17.4. The molecule has 31 heavy (non-hydrogen) atoms. The molecule has 2 heterocycles. The molecule has 4 rings (SSSR count). The predicted molar refractivity (Wildman–Crippen MR) is 117 cm³/mol. The Morgan fingerprint density at radius 3 is 2.13 bits per heavy atom. The highest BCUT2D eigenvalue weighted by Crippen LogP contribution is 2.28. The van der Waals surface area contributed by atoms with Crippen LogP contribution in [-0.2, 0) is 9.59 Å². The second-order valence-corrected chi connectivity index (χ2v) is 7.36. The molecule has 7 heteroatoms. The standard InChI is InChI=1S/C24H21N3O4/c1-15-13-17(16(2)26(15)19-9-11-20(28)12-10-19)14-21-22(29)25(3)24(31)27(23(21)30)18-7-5-4-6-8-18/h4-14,28H,1-3H3/b21-14+. The lowest BCUT2D eigenvalue weighted by Crippen LogP contribution is -2.55. The first-order chi connectivity index (χ1) is 14.8. The van der Waals surface area contributed by atoms with Crippen LogP contribution < -0.4 is 4.90 Å². The second kappa shape index (κ2) is 7.60. The van der Waals surface area contributed by atoms with Crippen molar-refractivity contribution in [2.45, 2.75) is 13.8 Å². The van der Waals surface area contributed by atoms with E-state index in [9.17, 15) is 19.5 Å². The number of rotatable bonds is 3. The Hall–Kier alpha value is -4.13. The number of phenols is 1. The number of amides is 4. The van der Waals surface area contributed by atoms with E-state index >= 15 is 0 Å². The highest BCUT2D eigenvalue weighted by atomic mass is 16.3. The first kappa shape index (κ1) is 20.2. The summed E-state index contributed by atoms with van der Waals surface area (Å²) in [6, 6.07) is 16.5. The molecule has 0 spiro atoms. The maximum Gasteiger partial charge on any atom is 0.338 e. The van der Waals surface area contributed by atoms with E-state index in [1.165, 1.54) is 13.1 Å². The molecule has 156 valence electrons.